The summed E-state index contributed by atoms with van der Waals surface area (Å²) in [5.41, 5.74) is 4.67. The van der Waals surface area contributed by atoms with Crippen LogP contribution in [0.15, 0.2) is 47.6 Å². The average molecular weight is 297 g/mol. The lowest BCUT2D eigenvalue weighted by atomic mass is 10.0. The van der Waals surface area contributed by atoms with Crippen molar-refractivity contribution in [2.75, 3.05) is 31.4 Å². The van der Waals surface area contributed by atoms with Crippen molar-refractivity contribution in [3.63, 3.8) is 0 Å². The third kappa shape index (κ3) is 3.03. The summed E-state index contributed by atoms with van der Waals surface area (Å²) in [6.07, 6.45) is 1.78. The largest absolute Gasteiger partial charge is 0.388 e. The zero-order valence-electron chi connectivity index (χ0n) is 13.9. The van der Waals surface area contributed by atoms with Gasteiger partial charge in [0, 0.05) is 39.4 Å². The summed E-state index contributed by atoms with van der Waals surface area (Å²) in [6, 6.07) is 8.08. The number of nitrogens with zero attached hydrogens (tertiary/aromatic N) is 4. The molecule has 2 rings (SSSR count). The van der Waals surface area contributed by atoms with E-state index in [1.165, 1.54) is 0 Å². The van der Waals surface area contributed by atoms with Gasteiger partial charge in [-0.1, -0.05) is 24.8 Å². The van der Waals surface area contributed by atoms with E-state index in [4.69, 9.17) is 4.99 Å². The molecule has 0 aliphatic carbocycles. The molecule has 0 atom stereocenters. The van der Waals surface area contributed by atoms with Crippen molar-refractivity contribution in [3.8, 4) is 0 Å². The molecule has 1 N–H and O–H groups in total. The third-order valence-corrected chi connectivity index (χ3v) is 3.40. The van der Waals surface area contributed by atoms with Crippen LogP contribution in [0.1, 0.15) is 12.5 Å². The molecule has 5 nitrogen and oxygen atoms in total. The minimum Gasteiger partial charge on any atom is -0.388 e. The first-order valence-electron chi connectivity index (χ1n) is 7.16. The van der Waals surface area contributed by atoms with Gasteiger partial charge in [-0.05, 0) is 18.6 Å². The summed E-state index contributed by atoms with van der Waals surface area (Å²) in [5, 5.41) is 7.52. The second-order valence-corrected chi connectivity index (χ2v) is 5.41. The fraction of sp³-hybridized carbons (Fsp3) is 0.294. The fourth-order valence-corrected chi connectivity index (χ4v) is 2.43. The molecule has 22 heavy (non-hydrogen) atoms. The van der Waals surface area contributed by atoms with Gasteiger partial charge in [-0.3, -0.25) is 4.68 Å². The van der Waals surface area contributed by atoms with Crippen molar-refractivity contribution in [1.29, 1.82) is 0 Å². The standard InChI is InChI=1S/C17H23N5/c1-12(2)16(13-9-7-8-10-14(13)18-3)20-15-11-19-22(6)17(15)21(4)5/h7-11,18H,1H2,2-6H3. The van der Waals surface area contributed by atoms with Gasteiger partial charge in [0.25, 0.3) is 0 Å². The van der Waals surface area contributed by atoms with Gasteiger partial charge >= 0.3 is 0 Å². The van der Waals surface area contributed by atoms with Crippen LogP contribution in [-0.4, -0.2) is 36.6 Å². The van der Waals surface area contributed by atoms with Crippen LogP contribution < -0.4 is 10.2 Å². The highest BCUT2D eigenvalue weighted by Gasteiger charge is 2.14. The maximum Gasteiger partial charge on any atom is 0.152 e. The van der Waals surface area contributed by atoms with Crippen LogP contribution in [0.2, 0.25) is 0 Å². The molecule has 0 fully saturated rings. The number of allylic oxidation sites excluding steroid dienone is 1. The smallest absolute Gasteiger partial charge is 0.152 e. The lowest BCUT2D eigenvalue weighted by molar-refractivity contribution is 0.754. The Kier molecular flexibility index (Phi) is 4.65. The summed E-state index contributed by atoms with van der Waals surface area (Å²) in [6.45, 7) is 6.05. The molecule has 1 aromatic heterocycles. The molecule has 0 aliphatic rings. The van der Waals surface area contributed by atoms with Crippen molar-refractivity contribution in [2.45, 2.75) is 6.92 Å². The van der Waals surface area contributed by atoms with E-state index in [-0.39, 0.29) is 0 Å². The molecule has 0 saturated carbocycles. The first-order chi connectivity index (χ1) is 10.5. The van der Waals surface area contributed by atoms with Gasteiger partial charge in [0.05, 0.1) is 11.9 Å². The molecule has 0 saturated heterocycles. The highest BCUT2D eigenvalue weighted by molar-refractivity contribution is 6.16. The van der Waals surface area contributed by atoms with Crippen molar-refractivity contribution in [3.05, 3.63) is 48.2 Å². The van der Waals surface area contributed by atoms with E-state index in [0.717, 1.165) is 34.0 Å². The van der Waals surface area contributed by atoms with Crippen molar-refractivity contribution in [1.82, 2.24) is 9.78 Å². The molecule has 0 spiro atoms. The highest BCUT2D eigenvalue weighted by Crippen LogP contribution is 2.29. The Labute approximate surface area is 132 Å². The van der Waals surface area contributed by atoms with Crippen LogP contribution in [0.5, 0.6) is 0 Å². The van der Waals surface area contributed by atoms with Gasteiger partial charge in [-0.25, -0.2) is 4.99 Å². The zero-order chi connectivity index (χ0) is 16.3. The quantitative estimate of drug-likeness (QED) is 0.862. The Morgan fingerprint density at radius 1 is 1.32 bits per heavy atom. The number of hydrogen-bond donors (Lipinski definition) is 1. The fourth-order valence-electron chi connectivity index (χ4n) is 2.43. The number of para-hydroxylation sites is 1. The van der Waals surface area contributed by atoms with E-state index in [9.17, 15) is 0 Å². The van der Waals surface area contributed by atoms with Crippen molar-refractivity contribution < 1.29 is 0 Å². The monoisotopic (exact) mass is 297 g/mol. The number of aromatic nitrogens is 2. The van der Waals surface area contributed by atoms with Crippen LogP contribution >= 0.6 is 0 Å². The van der Waals surface area contributed by atoms with Gasteiger partial charge < -0.3 is 10.2 Å². The Bertz CT molecular complexity index is 710. The Morgan fingerprint density at radius 2 is 2.00 bits per heavy atom. The second kappa shape index (κ2) is 6.47. The summed E-state index contributed by atoms with van der Waals surface area (Å²) >= 11 is 0. The summed E-state index contributed by atoms with van der Waals surface area (Å²) in [5.74, 6) is 0.959. The van der Waals surface area contributed by atoms with Gasteiger partial charge in [-0.2, -0.15) is 5.10 Å². The molecule has 116 valence electrons. The normalized spacial score (nSPS) is 11.4. The number of benzene rings is 1. The lowest BCUT2D eigenvalue weighted by Gasteiger charge is -2.15. The number of rotatable bonds is 5. The number of aliphatic imine (C=N–C) groups is 1. The number of aryl methyl sites for hydroxylation is 1. The molecule has 0 radical (unpaired) electrons. The number of anilines is 2. The number of nitrogens with one attached hydrogen (secondary N) is 1. The van der Waals surface area contributed by atoms with Gasteiger partial charge in [-0.15, -0.1) is 0 Å². The minimum atomic E-state index is 0.830. The van der Waals surface area contributed by atoms with Crippen molar-refractivity contribution in [2.24, 2.45) is 12.0 Å². The van der Waals surface area contributed by atoms with E-state index in [2.05, 4.69) is 17.0 Å². The van der Waals surface area contributed by atoms with Crippen LogP contribution in [0.3, 0.4) is 0 Å². The Hall–Kier alpha value is -2.56. The van der Waals surface area contributed by atoms with Crippen LogP contribution in [0, 0.1) is 0 Å². The minimum absolute atomic E-state index is 0.830. The van der Waals surface area contributed by atoms with E-state index in [1.54, 1.807) is 6.20 Å². The molecule has 1 heterocycles. The molecule has 0 bridgehead atoms. The van der Waals surface area contributed by atoms with Crippen LogP contribution in [-0.2, 0) is 7.05 Å². The molecule has 0 amide bonds. The van der Waals surface area contributed by atoms with Gasteiger partial charge in [0.15, 0.2) is 5.82 Å². The maximum atomic E-state index is 4.83. The molecule has 2 aromatic rings. The maximum absolute atomic E-state index is 4.83. The molecule has 0 aliphatic heterocycles. The predicted octanol–water partition coefficient (Wildman–Crippen LogP) is 3.22. The summed E-state index contributed by atoms with van der Waals surface area (Å²) < 4.78 is 1.82. The molecular weight excluding hydrogens is 274 g/mol. The predicted molar refractivity (Wildman–Crippen MR) is 94.5 cm³/mol. The molecule has 0 unspecified atom stereocenters. The summed E-state index contributed by atoms with van der Waals surface area (Å²) in [4.78, 5) is 6.84. The van der Waals surface area contributed by atoms with Crippen LogP contribution in [0.25, 0.3) is 0 Å². The van der Waals surface area contributed by atoms with E-state index >= 15 is 0 Å². The van der Waals surface area contributed by atoms with E-state index in [0.29, 0.717) is 0 Å². The molecule has 1 aromatic carbocycles. The zero-order valence-corrected chi connectivity index (χ0v) is 13.9. The Morgan fingerprint density at radius 3 is 2.59 bits per heavy atom. The SMILES string of the molecule is C=C(C)C(=Nc1cnn(C)c1N(C)C)c1ccccc1NC. The lowest BCUT2D eigenvalue weighted by Crippen LogP contribution is -2.13. The average Bonchev–Trinajstić information content (AvgIpc) is 2.85. The number of hydrogen-bond acceptors (Lipinski definition) is 4. The molecule has 5 heteroatoms. The summed E-state index contributed by atoms with van der Waals surface area (Å²) in [7, 11) is 7.79. The van der Waals surface area contributed by atoms with Gasteiger partial charge in [0.1, 0.15) is 5.69 Å². The highest BCUT2D eigenvalue weighted by atomic mass is 15.4. The topological polar surface area (TPSA) is 45.5 Å². The first kappa shape index (κ1) is 15.8. The van der Waals surface area contributed by atoms with Crippen LogP contribution in [0.4, 0.5) is 17.2 Å². The van der Waals surface area contributed by atoms with Gasteiger partial charge in [0.2, 0.25) is 0 Å². The Balaban J connectivity index is 2.61. The molecular formula is C17H23N5. The van der Waals surface area contributed by atoms with Crippen molar-refractivity contribution >= 4 is 22.9 Å². The second-order valence-electron chi connectivity index (χ2n) is 5.41. The van der Waals surface area contributed by atoms with E-state index in [1.807, 2.05) is 69.0 Å². The van der Waals surface area contributed by atoms with E-state index < -0.39 is 0 Å². The third-order valence-electron chi connectivity index (χ3n) is 3.40. The first-order valence-corrected chi connectivity index (χ1v) is 7.16.